The van der Waals surface area contributed by atoms with Crippen LogP contribution in [0.1, 0.15) is 24.3 Å². The van der Waals surface area contributed by atoms with Crippen LogP contribution in [0.25, 0.3) is 0 Å². The minimum atomic E-state index is -0.687. The fraction of sp³-hybridized carbons (Fsp3) is 0.556. The topological polar surface area (TPSA) is 78.7 Å². The number of halogens is 1. The van der Waals surface area contributed by atoms with E-state index in [0.717, 1.165) is 31.5 Å². The van der Waals surface area contributed by atoms with Gasteiger partial charge in [-0.1, -0.05) is 12.1 Å². The molecule has 0 unspecified atom stereocenters. The molecule has 0 aliphatic carbocycles. The average molecular weight is 346 g/mol. The highest BCUT2D eigenvalue weighted by atomic mass is 19.1. The maximum atomic E-state index is 13.3. The molecule has 0 radical (unpaired) electrons. The second-order valence-electron chi connectivity index (χ2n) is 7.28. The molecule has 4 fully saturated rings. The molecule has 4 heterocycles. The van der Waals surface area contributed by atoms with Crippen molar-refractivity contribution in [3.8, 4) is 0 Å². The first-order valence-electron chi connectivity index (χ1n) is 8.87. The predicted molar refractivity (Wildman–Crippen MR) is 90.3 cm³/mol. The minimum Gasteiger partial charge on any atom is -0.352 e. The van der Waals surface area contributed by atoms with Crippen molar-refractivity contribution in [3.63, 3.8) is 0 Å². The van der Waals surface area contributed by atoms with Crippen molar-refractivity contribution in [2.45, 2.75) is 30.8 Å². The number of rotatable bonds is 3. The molecule has 0 spiro atoms. The zero-order valence-corrected chi connectivity index (χ0v) is 14.0. The van der Waals surface area contributed by atoms with Gasteiger partial charge in [-0.15, -0.1) is 0 Å². The molecular weight excluding hydrogens is 323 g/mol. The number of amides is 3. The number of primary amides is 1. The third kappa shape index (κ3) is 2.86. The molecule has 4 aliphatic heterocycles. The Morgan fingerprint density at radius 1 is 1.16 bits per heavy atom. The Kier molecular flexibility index (Phi) is 4.11. The summed E-state index contributed by atoms with van der Waals surface area (Å²) in [6.45, 7) is 2.66. The summed E-state index contributed by atoms with van der Waals surface area (Å²) >= 11 is 0. The van der Waals surface area contributed by atoms with Gasteiger partial charge in [-0.2, -0.15) is 0 Å². The number of likely N-dealkylation sites (tertiary alicyclic amines) is 1. The first-order valence-corrected chi connectivity index (χ1v) is 8.87. The second kappa shape index (κ2) is 6.29. The molecule has 5 rings (SSSR count). The van der Waals surface area contributed by atoms with E-state index in [0.29, 0.717) is 12.5 Å². The van der Waals surface area contributed by atoms with Gasteiger partial charge in [0.2, 0.25) is 5.91 Å². The second-order valence-corrected chi connectivity index (χ2v) is 7.28. The monoisotopic (exact) mass is 346 g/mol. The number of carbonyl (C=O) groups excluding carboxylic acids is 2. The molecule has 4 saturated heterocycles. The molecule has 1 aromatic rings. The predicted octanol–water partition coefficient (Wildman–Crippen LogP) is 0.883. The van der Waals surface area contributed by atoms with Gasteiger partial charge in [0.05, 0.1) is 12.6 Å². The number of nitrogens with one attached hydrogen (secondary N) is 1. The van der Waals surface area contributed by atoms with Gasteiger partial charge in [-0.25, -0.2) is 9.18 Å². The Morgan fingerprint density at radius 3 is 2.48 bits per heavy atom. The molecule has 134 valence electrons. The van der Waals surface area contributed by atoms with Crippen molar-refractivity contribution in [2.24, 2.45) is 11.7 Å². The third-order valence-corrected chi connectivity index (χ3v) is 6.03. The van der Waals surface area contributed by atoms with Crippen LogP contribution in [0.3, 0.4) is 0 Å². The van der Waals surface area contributed by atoms with Gasteiger partial charge >= 0.3 is 6.03 Å². The average Bonchev–Trinajstić information content (AvgIpc) is 3.04. The van der Waals surface area contributed by atoms with Gasteiger partial charge in [0.1, 0.15) is 5.82 Å². The number of nitrogens with two attached hydrogens (primary N) is 1. The first-order chi connectivity index (χ1) is 12.0. The van der Waals surface area contributed by atoms with Crippen LogP contribution in [0.2, 0.25) is 0 Å². The van der Waals surface area contributed by atoms with Gasteiger partial charge in [-0.05, 0) is 49.5 Å². The fourth-order valence-corrected chi connectivity index (χ4v) is 4.97. The SMILES string of the molecule is NC(=O)NCC(=O)N1C[C@@H](c2ccc(F)cc2)[C@@H]2[C@H]1C1CCN2CC1. The van der Waals surface area contributed by atoms with E-state index >= 15 is 0 Å². The highest BCUT2D eigenvalue weighted by molar-refractivity contribution is 5.84. The van der Waals surface area contributed by atoms with Gasteiger partial charge in [-0.3, -0.25) is 9.69 Å². The first kappa shape index (κ1) is 16.3. The maximum absolute atomic E-state index is 13.3. The number of piperidine rings is 3. The molecule has 25 heavy (non-hydrogen) atoms. The van der Waals surface area contributed by atoms with E-state index in [9.17, 15) is 14.0 Å². The molecule has 0 aromatic heterocycles. The van der Waals surface area contributed by atoms with E-state index < -0.39 is 6.03 Å². The highest BCUT2D eigenvalue weighted by Gasteiger charge is 2.54. The van der Waals surface area contributed by atoms with Crippen molar-refractivity contribution in [1.29, 1.82) is 0 Å². The number of fused-ring (bicyclic) bond motifs is 2. The van der Waals surface area contributed by atoms with Crippen LogP contribution in [-0.4, -0.2) is 60.0 Å². The van der Waals surface area contributed by atoms with E-state index in [4.69, 9.17) is 5.73 Å². The number of hydrogen-bond acceptors (Lipinski definition) is 3. The molecule has 3 amide bonds. The fourth-order valence-electron chi connectivity index (χ4n) is 4.97. The molecule has 1 aromatic carbocycles. The Balaban J connectivity index is 1.62. The molecule has 7 heteroatoms. The van der Waals surface area contributed by atoms with Crippen molar-refractivity contribution in [2.75, 3.05) is 26.2 Å². The Labute approximate surface area is 146 Å². The lowest BCUT2D eigenvalue weighted by Gasteiger charge is -2.51. The standard InChI is InChI=1S/C18H23FN4O2/c19-13-3-1-11(2-4-13)14-10-23(15(24)9-21-18(20)25)16-12-5-7-22(8-6-12)17(14)16/h1-4,12,14,16-17H,5-10H2,(H3,20,21,25)/t14-,16+,17+/m0/s1. The van der Waals surface area contributed by atoms with Crippen molar-refractivity contribution in [1.82, 2.24) is 15.1 Å². The normalized spacial score (nSPS) is 33.2. The summed E-state index contributed by atoms with van der Waals surface area (Å²) in [5.41, 5.74) is 6.17. The van der Waals surface area contributed by atoms with E-state index in [1.54, 1.807) is 0 Å². The molecule has 6 nitrogen and oxygen atoms in total. The number of urea groups is 1. The largest absolute Gasteiger partial charge is 0.352 e. The Bertz CT molecular complexity index is 672. The Morgan fingerprint density at radius 2 is 1.84 bits per heavy atom. The summed E-state index contributed by atoms with van der Waals surface area (Å²) in [4.78, 5) is 28.0. The summed E-state index contributed by atoms with van der Waals surface area (Å²) in [7, 11) is 0. The van der Waals surface area contributed by atoms with Gasteiger partial charge < -0.3 is 16.0 Å². The molecular formula is C18H23FN4O2. The van der Waals surface area contributed by atoms with Crippen LogP contribution in [0, 0.1) is 11.7 Å². The maximum Gasteiger partial charge on any atom is 0.312 e. The number of nitrogens with zero attached hydrogens (tertiary/aromatic N) is 2. The zero-order valence-electron chi connectivity index (χ0n) is 14.0. The molecule has 4 aliphatic rings. The lowest BCUT2D eigenvalue weighted by molar-refractivity contribution is -0.134. The van der Waals surface area contributed by atoms with Crippen LogP contribution >= 0.6 is 0 Å². The van der Waals surface area contributed by atoms with Crippen molar-refractivity contribution in [3.05, 3.63) is 35.6 Å². The summed E-state index contributed by atoms with van der Waals surface area (Å²) < 4.78 is 13.3. The van der Waals surface area contributed by atoms with Crippen molar-refractivity contribution >= 4 is 11.9 Å². The van der Waals surface area contributed by atoms with Crippen LogP contribution in [0.15, 0.2) is 24.3 Å². The third-order valence-electron chi connectivity index (χ3n) is 6.03. The smallest absolute Gasteiger partial charge is 0.312 e. The summed E-state index contributed by atoms with van der Waals surface area (Å²) in [6.07, 6.45) is 2.20. The quantitative estimate of drug-likeness (QED) is 0.853. The summed E-state index contributed by atoms with van der Waals surface area (Å²) in [6, 6.07) is 6.38. The van der Waals surface area contributed by atoms with Gasteiger partial charge in [0.25, 0.3) is 0 Å². The van der Waals surface area contributed by atoms with Crippen LogP contribution in [0.5, 0.6) is 0 Å². The lowest BCUT2D eigenvalue weighted by Crippen LogP contribution is -2.61. The number of hydrogen-bond donors (Lipinski definition) is 2. The molecule has 3 atom stereocenters. The lowest BCUT2D eigenvalue weighted by atomic mass is 9.75. The van der Waals surface area contributed by atoms with Crippen LogP contribution < -0.4 is 11.1 Å². The van der Waals surface area contributed by atoms with Crippen LogP contribution in [0.4, 0.5) is 9.18 Å². The van der Waals surface area contributed by atoms with E-state index in [1.807, 2.05) is 17.0 Å². The minimum absolute atomic E-state index is 0.0680. The van der Waals surface area contributed by atoms with Gasteiger partial charge in [0.15, 0.2) is 0 Å². The molecule has 0 saturated carbocycles. The summed E-state index contributed by atoms with van der Waals surface area (Å²) in [5, 5.41) is 2.41. The zero-order chi connectivity index (χ0) is 17.6. The van der Waals surface area contributed by atoms with E-state index in [-0.39, 0.29) is 36.3 Å². The molecule has 3 N–H and O–H groups in total. The molecule has 2 bridgehead atoms. The van der Waals surface area contributed by atoms with Gasteiger partial charge in [0, 0.05) is 18.5 Å². The van der Waals surface area contributed by atoms with Crippen molar-refractivity contribution < 1.29 is 14.0 Å². The number of benzene rings is 1. The number of carbonyl (C=O) groups is 2. The van der Waals surface area contributed by atoms with E-state index in [1.165, 1.54) is 12.1 Å². The highest BCUT2D eigenvalue weighted by Crippen LogP contribution is 2.46. The summed E-state index contributed by atoms with van der Waals surface area (Å²) in [5.74, 6) is 0.332. The van der Waals surface area contributed by atoms with E-state index in [2.05, 4.69) is 10.2 Å². The Hall–Kier alpha value is -2.15. The van der Waals surface area contributed by atoms with Crippen LogP contribution in [-0.2, 0) is 4.79 Å².